The molecule has 0 aliphatic carbocycles. The molecule has 3 heterocycles. The Balaban J connectivity index is 1.89. The Morgan fingerprint density at radius 2 is 2.17 bits per heavy atom. The number of amides is 1. The van der Waals surface area contributed by atoms with Gasteiger partial charge in [-0.15, -0.1) is 5.11 Å². The lowest BCUT2D eigenvalue weighted by molar-refractivity contribution is -0.115. The van der Waals surface area contributed by atoms with Gasteiger partial charge in [0.2, 0.25) is 0 Å². The first-order valence-corrected chi connectivity index (χ1v) is 5.83. The zero-order valence-electron chi connectivity index (χ0n) is 9.71. The monoisotopic (exact) mass is 240 g/mol. The Bertz CT molecular complexity index is 560. The number of hydrogen-bond donors (Lipinski definition) is 1. The Kier molecular flexibility index (Phi) is 2.72. The number of nitrogens with one attached hydrogen (secondary N) is 1. The third-order valence-electron chi connectivity index (χ3n) is 3.02. The Morgan fingerprint density at radius 1 is 1.33 bits per heavy atom. The van der Waals surface area contributed by atoms with Gasteiger partial charge in [0.05, 0.1) is 0 Å². The number of aromatic nitrogens is 1. The summed E-state index contributed by atoms with van der Waals surface area (Å²) < 4.78 is 0. The molecule has 1 N–H and O–H groups in total. The van der Waals surface area contributed by atoms with Crippen molar-refractivity contribution < 1.29 is 4.79 Å². The molecule has 0 bridgehead atoms. The molecule has 18 heavy (non-hydrogen) atoms. The highest BCUT2D eigenvalue weighted by Crippen LogP contribution is 2.24. The fourth-order valence-corrected chi connectivity index (χ4v) is 2.14. The molecule has 0 radical (unpaired) electrons. The second-order valence-corrected chi connectivity index (χ2v) is 4.21. The van der Waals surface area contributed by atoms with E-state index >= 15 is 0 Å². The number of nitrogens with zero attached hydrogens (tertiary/aromatic N) is 3. The maximum Gasteiger partial charge on any atom is 0.311 e. The van der Waals surface area contributed by atoms with Crippen molar-refractivity contribution >= 4 is 5.91 Å². The van der Waals surface area contributed by atoms with Crippen LogP contribution in [0.3, 0.4) is 0 Å². The van der Waals surface area contributed by atoms with E-state index in [1.54, 1.807) is 12.4 Å². The van der Waals surface area contributed by atoms with Crippen LogP contribution in [0.15, 0.2) is 58.2 Å². The minimum atomic E-state index is -0.277. The second kappa shape index (κ2) is 4.52. The standard InChI is InChI=1S/C13H12N4O/c18-13-12-10(2-1-5-15-12)11(16-17-13)8-9-3-6-14-7-4-9/h1-4,6-7,11,15H,5,8H2. The lowest BCUT2D eigenvalue weighted by Gasteiger charge is -2.23. The van der Waals surface area contributed by atoms with Gasteiger partial charge in [-0.1, -0.05) is 12.2 Å². The van der Waals surface area contributed by atoms with Gasteiger partial charge in [0.1, 0.15) is 11.7 Å². The molecule has 1 atom stereocenters. The van der Waals surface area contributed by atoms with Crippen LogP contribution >= 0.6 is 0 Å². The van der Waals surface area contributed by atoms with Crippen molar-refractivity contribution in [3.05, 3.63) is 53.5 Å². The highest BCUT2D eigenvalue weighted by Gasteiger charge is 2.26. The summed E-state index contributed by atoms with van der Waals surface area (Å²) in [6.07, 6.45) is 8.19. The van der Waals surface area contributed by atoms with E-state index in [4.69, 9.17) is 0 Å². The van der Waals surface area contributed by atoms with Crippen LogP contribution < -0.4 is 5.32 Å². The van der Waals surface area contributed by atoms with Gasteiger partial charge in [0.15, 0.2) is 0 Å². The first-order chi connectivity index (χ1) is 8.84. The van der Waals surface area contributed by atoms with Gasteiger partial charge in [0.25, 0.3) is 0 Å². The lowest BCUT2D eigenvalue weighted by atomic mass is 9.95. The van der Waals surface area contributed by atoms with Gasteiger partial charge in [-0.3, -0.25) is 9.78 Å². The molecule has 3 rings (SSSR count). The van der Waals surface area contributed by atoms with E-state index in [9.17, 15) is 4.79 Å². The van der Waals surface area contributed by atoms with E-state index in [0.717, 1.165) is 17.6 Å². The van der Waals surface area contributed by atoms with Gasteiger partial charge >= 0.3 is 5.91 Å². The van der Waals surface area contributed by atoms with Crippen molar-refractivity contribution in [3.8, 4) is 0 Å². The molecule has 1 aromatic rings. The minimum Gasteiger partial charge on any atom is -0.377 e. The molecule has 5 nitrogen and oxygen atoms in total. The van der Waals surface area contributed by atoms with Crippen LogP contribution in [0.1, 0.15) is 5.56 Å². The van der Waals surface area contributed by atoms with Crippen molar-refractivity contribution in [2.45, 2.75) is 12.5 Å². The van der Waals surface area contributed by atoms with E-state index in [0.29, 0.717) is 12.2 Å². The predicted molar refractivity (Wildman–Crippen MR) is 65.8 cm³/mol. The minimum absolute atomic E-state index is 0.0934. The number of carbonyl (C=O) groups is 1. The SMILES string of the molecule is O=C1N=NC(Cc2ccncc2)C2=C1NCC=C2. The van der Waals surface area contributed by atoms with Crippen LogP contribution in [0.4, 0.5) is 0 Å². The smallest absolute Gasteiger partial charge is 0.311 e. The van der Waals surface area contributed by atoms with Crippen LogP contribution in [0.2, 0.25) is 0 Å². The van der Waals surface area contributed by atoms with E-state index in [-0.39, 0.29) is 11.9 Å². The van der Waals surface area contributed by atoms with Gasteiger partial charge < -0.3 is 5.32 Å². The zero-order chi connectivity index (χ0) is 12.4. The van der Waals surface area contributed by atoms with Gasteiger partial charge in [-0.05, 0) is 17.7 Å². The highest BCUT2D eigenvalue weighted by atomic mass is 16.2. The summed E-state index contributed by atoms with van der Waals surface area (Å²) in [5.41, 5.74) is 2.65. The number of hydrogen-bond acceptors (Lipinski definition) is 4. The molecule has 0 saturated carbocycles. The maximum absolute atomic E-state index is 11.6. The molecule has 2 aliphatic rings. The number of pyridine rings is 1. The van der Waals surface area contributed by atoms with E-state index in [1.807, 2.05) is 24.3 Å². The number of rotatable bonds is 2. The Hall–Kier alpha value is -2.30. The van der Waals surface area contributed by atoms with E-state index in [1.165, 1.54) is 0 Å². The van der Waals surface area contributed by atoms with Crippen LogP contribution in [0.25, 0.3) is 0 Å². The average Bonchev–Trinajstić information content (AvgIpc) is 2.44. The van der Waals surface area contributed by atoms with Crippen LogP contribution in [-0.2, 0) is 11.2 Å². The zero-order valence-corrected chi connectivity index (χ0v) is 9.71. The Labute approximate surface area is 104 Å². The summed E-state index contributed by atoms with van der Waals surface area (Å²) in [6, 6.07) is 3.81. The molecule has 1 unspecified atom stereocenters. The van der Waals surface area contributed by atoms with Crippen molar-refractivity contribution in [1.82, 2.24) is 10.3 Å². The second-order valence-electron chi connectivity index (χ2n) is 4.21. The summed E-state index contributed by atoms with van der Waals surface area (Å²) in [7, 11) is 0. The molecule has 90 valence electrons. The molecule has 2 aliphatic heterocycles. The van der Waals surface area contributed by atoms with E-state index < -0.39 is 0 Å². The van der Waals surface area contributed by atoms with E-state index in [2.05, 4.69) is 20.5 Å². The number of dihydropyridines is 1. The predicted octanol–water partition coefficient (Wildman–Crippen LogP) is 1.40. The molecular formula is C13H12N4O. The van der Waals surface area contributed by atoms with Crippen LogP contribution in [-0.4, -0.2) is 23.5 Å². The fraction of sp³-hybridized carbons (Fsp3) is 0.231. The Morgan fingerprint density at radius 3 is 3.00 bits per heavy atom. The summed E-state index contributed by atoms with van der Waals surface area (Å²) in [5.74, 6) is -0.277. The third-order valence-corrected chi connectivity index (χ3v) is 3.02. The molecule has 0 aromatic carbocycles. The summed E-state index contributed by atoms with van der Waals surface area (Å²) >= 11 is 0. The molecule has 1 aromatic heterocycles. The topological polar surface area (TPSA) is 66.7 Å². The molecule has 0 spiro atoms. The number of carbonyl (C=O) groups excluding carboxylic acids is 1. The highest BCUT2D eigenvalue weighted by molar-refractivity contribution is 5.95. The van der Waals surface area contributed by atoms with Crippen molar-refractivity contribution in [2.24, 2.45) is 10.2 Å². The van der Waals surface area contributed by atoms with Gasteiger partial charge in [-0.25, -0.2) is 0 Å². The van der Waals surface area contributed by atoms with Crippen LogP contribution in [0.5, 0.6) is 0 Å². The first kappa shape index (κ1) is 10.8. The summed E-state index contributed by atoms with van der Waals surface area (Å²) in [5, 5.41) is 10.9. The average molecular weight is 240 g/mol. The molecular weight excluding hydrogens is 228 g/mol. The van der Waals surface area contributed by atoms with Crippen molar-refractivity contribution in [1.29, 1.82) is 0 Å². The quantitative estimate of drug-likeness (QED) is 0.849. The first-order valence-electron chi connectivity index (χ1n) is 5.83. The summed E-state index contributed by atoms with van der Waals surface area (Å²) in [6.45, 7) is 0.669. The molecule has 1 amide bonds. The molecule has 0 saturated heterocycles. The summed E-state index contributed by atoms with van der Waals surface area (Å²) in [4.78, 5) is 15.6. The van der Waals surface area contributed by atoms with Crippen molar-refractivity contribution in [3.63, 3.8) is 0 Å². The normalized spacial score (nSPS) is 21.8. The maximum atomic E-state index is 11.6. The molecule has 0 fully saturated rings. The largest absolute Gasteiger partial charge is 0.377 e. The lowest BCUT2D eigenvalue weighted by Crippen LogP contribution is -2.30. The number of azo groups is 1. The van der Waals surface area contributed by atoms with Gasteiger partial charge in [-0.2, -0.15) is 5.11 Å². The fourth-order valence-electron chi connectivity index (χ4n) is 2.14. The van der Waals surface area contributed by atoms with Crippen molar-refractivity contribution in [2.75, 3.05) is 6.54 Å². The van der Waals surface area contributed by atoms with Crippen LogP contribution in [0, 0.1) is 0 Å². The van der Waals surface area contributed by atoms with Gasteiger partial charge in [0, 0.05) is 30.9 Å². The molecule has 5 heteroatoms. The third kappa shape index (κ3) is 1.95.